The number of benzene rings is 2. The molecule has 0 N–H and O–H groups in total. The van der Waals surface area contributed by atoms with E-state index < -0.39 is 0 Å². The molecule has 0 unspecified atom stereocenters. The zero-order valence-corrected chi connectivity index (χ0v) is 14.6. The van der Waals surface area contributed by atoms with Gasteiger partial charge in [-0.15, -0.1) is 0 Å². The molecule has 0 aliphatic carbocycles. The van der Waals surface area contributed by atoms with Gasteiger partial charge in [0.05, 0.1) is 12.7 Å². The summed E-state index contributed by atoms with van der Waals surface area (Å²) in [5.41, 5.74) is 4.38. The van der Waals surface area contributed by atoms with Crippen molar-refractivity contribution in [1.29, 1.82) is 0 Å². The predicted octanol–water partition coefficient (Wildman–Crippen LogP) is 4.62. The van der Waals surface area contributed by atoms with Gasteiger partial charge in [-0.05, 0) is 56.0 Å². The van der Waals surface area contributed by atoms with Crippen LogP contribution >= 0.6 is 0 Å². The summed E-state index contributed by atoms with van der Waals surface area (Å²) < 4.78 is 19.4. The van der Waals surface area contributed by atoms with Crippen molar-refractivity contribution in [3.8, 4) is 0 Å². The summed E-state index contributed by atoms with van der Waals surface area (Å²) >= 11 is 0. The van der Waals surface area contributed by atoms with E-state index in [4.69, 9.17) is 4.74 Å². The van der Waals surface area contributed by atoms with Crippen molar-refractivity contribution in [2.45, 2.75) is 45.9 Å². The molecule has 128 valence electrons. The second kappa shape index (κ2) is 7.91. The zero-order valence-electron chi connectivity index (χ0n) is 14.6. The van der Waals surface area contributed by atoms with Gasteiger partial charge in [-0.25, -0.2) is 4.39 Å². The number of hydrogen-bond donors (Lipinski definition) is 0. The molecule has 3 heteroatoms. The van der Waals surface area contributed by atoms with E-state index in [0.29, 0.717) is 12.2 Å². The molecule has 0 aromatic heterocycles. The lowest BCUT2D eigenvalue weighted by Crippen LogP contribution is -2.39. The summed E-state index contributed by atoms with van der Waals surface area (Å²) in [6.07, 6.45) is 2.53. The minimum Gasteiger partial charge on any atom is -0.372 e. The number of ether oxygens (including phenoxy) is 1. The largest absolute Gasteiger partial charge is 0.372 e. The van der Waals surface area contributed by atoms with Gasteiger partial charge in [-0.3, -0.25) is 4.90 Å². The first-order valence-corrected chi connectivity index (χ1v) is 8.75. The van der Waals surface area contributed by atoms with Crippen molar-refractivity contribution in [2.24, 2.45) is 0 Å². The van der Waals surface area contributed by atoms with Crippen molar-refractivity contribution < 1.29 is 9.13 Å². The average Bonchev–Trinajstić information content (AvgIpc) is 2.58. The van der Waals surface area contributed by atoms with E-state index in [9.17, 15) is 4.39 Å². The lowest BCUT2D eigenvalue weighted by molar-refractivity contribution is -0.0121. The Morgan fingerprint density at radius 1 is 1.08 bits per heavy atom. The molecule has 0 spiro atoms. The molecule has 24 heavy (non-hydrogen) atoms. The smallest absolute Gasteiger partial charge is 0.126 e. The van der Waals surface area contributed by atoms with Crippen LogP contribution in [0.2, 0.25) is 0 Å². The third-order valence-electron chi connectivity index (χ3n) is 4.70. The molecule has 1 aliphatic rings. The fourth-order valence-corrected chi connectivity index (χ4v) is 3.26. The van der Waals surface area contributed by atoms with Crippen LogP contribution in [0.3, 0.4) is 0 Å². The molecule has 1 aliphatic heterocycles. The quantitative estimate of drug-likeness (QED) is 0.794. The maximum atomic E-state index is 13.3. The van der Waals surface area contributed by atoms with Crippen LogP contribution in [0.5, 0.6) is 0 Å². The van der Waals surface area contributed by atoms with Gasteiger partial charge < -0.3 is 4.74 Å². The van der Waals surface area contributed by atoms with Gasteiger partial charge in [0, 0.05) is 13.1 Å². The Balaban J connectivity index is 1.51. The van der Waals surface area contributed by atoms with Gasteiger partial charge in [0.1, 0.15) is 5.82 Å². The number of nitrogens with zero attached hydrogens (tertiary/aromatic N) is 1. The lowest BCUT2D eigenvalue weighted by atomic mass is 10.1. The van der Waals surface area contributed by atoms with Gasteiger partial charge in [0.25, 0.3) is 0 Å². The van der Waals surface area contributed by atoms with Crippen molar-refractivity contribution in [2.75, 3.05) is 13.1 Å². The molecular weight excluding hydrogens is 301 g/mol. The number of hydrogen-bond acceptors (Lipinski definition) is 2. The van der Waals surface area contributed by atoms with E-state index in [-0.39, 0.29) is 11.9 Å². The molecule has 2 aromatic rings. The van der Waals surface area contributed by atoms with Crippen molar-refractivity contribution in [1.82, 2.24) is 4.90 Å². The third-order valence-corrected chi connectivity index (χ3v) is 4.70. The van der Waals surface area contributed by atoms with E-state index >= 15 is 0 Å². The molecule has 0 bridgehead atoms. The molecule has 3 rings (SSSR count). The first-order chi connectivity index (χ1) is 11.6. The Hall–Kier alpha value is -1.71. The summed E-state index contributed by atoms with van der Waals surface area (Å²) in [5, 5.41) is 0. The van der Waals surface area contributed by atoms with Crippen LogP contribution in [0.1, 0.15) is 35.1 Å². The molecule has 2 aromatic carbocycles. The average molecular weight is 327 g/mol. The summed E-state index contributed by atoms with van der Waals surface area (Å²) in [5.74, 6) is -0.152. The Labute approximate surface area is 144 Å². The van der Waals surface area contributed by atoms with Crippen molar-refractivity contribution in [3.63, 3.8) is 0 Å². The van der Waals surface area contributed by atoms with E-state index in [2.05, 4.69) is 36.1 Å². The lowest BCUT2D eigenvalue weighted by Gasteiger charge is -2.32. The number of piperidine rings is 1. The van der Waals surface area contributed by atoms with Gasteiger partial charge >= 0.3 is 0 Å². The first-order valence-electron chi connectivity index (χ1n) is 8.75. The molecule has 0 amide bonds. The summed E-state index contributed by atoms with van der Waals surface area (Å²) in [6, 6.07) is 14.0. The second-order valence-electron chi connectivity index (χ2n) is 6.88. The van der Waals surface area contributed by atoms with Crippen LogP contribution in [-0.4, -0.2) is 24.1 Å². The maximum absolute atomic E-state index is 13.3. The summed E-state index contributed by atoms with van der Waals surface area (Å²) in [4.78, 5) is 2.47. The van der Waals surface area contributed by atoms with Crippen LogP contribution in [0.4, 0.5) is 4.39 Å². The fourth-order valence-electron chi connectivity index (χ4n) is 3.26. The highest BCUT2D eigenvalue weighted by atomic mass is 19.1. The Morgan fingerprint density at radius 2 is 1.83 bits per heavy atom. The fraction of sp³-hybridized carbons (Fsp3) is 0.429. The van der Waals surface area contributed by atoms with Crippen molar-refractivity contribution >= 4 is 0 Å². The van der Waals surface area contributed by atoms with Crippen LogP contribution in [-0.2, 0) is 17.9 Å². The number of likely N-dealkylation sites (tertiary alicyclic amines) is 1. The SMILES string of the molecule is Cc1ccc(CN2CCC[C@H](OCc3ccc(F)c(C)c3)C2)cc1. The van der Waals surface area contributed by atoms with Gasteiger partial charge in [-0.2, -0.15) is 0 Å². The number of halogens is 1. The molecule has 2 nitrogen and oxygen atoms in total. The normalized spacial score (nSPS) is 18.7. The van der Waals surface area contributed by atoms with E-state index in [1.807, 2.05) is 12.1 Å². The highest BCUT2D eigenvalue weighted by Gasteiger charge is 2.20. The minimum atomic E-state index is -0.152. The molecule has 1 fully saturated rings. The molecule has 1 heterocycles. The third kappa shape index (κ3) is 4.65. The number of rotatable bonds is 5. The Bertz CT molecular complexity index is 668. The highest BCUT2D eigenvalue weighted by molar-refractivity contribution is 5.23. The highest BCUT2D eigenvalue weighted by Crippen LogP contribution is 2.18. The zero-order chi connectivity index (χ0) is 16.9. The van der Waals surface area contributed by atoms with E-state index in [1.54, 1.807) is 6.92 Å². The van der Waals surface area contributed by atoms with Crippen LogP contribution in [0.15, 0.2) is 42.5 Å². The Morgan fingerprint density at radius 3 is 2.58 bits per heavy atom. The van der Waals surface area contributed by atoms with Crippen LogP contribution in [0, 0.1) is 19.7 Å². The Kier molecular flexibility index (Phi) is 5.64. The second-order valence-corrected chi connectivity index (χ2v) is 6.88. The van der Waals surface area contributed by atoms with Gasteiger partial charge in [0.15, 0.2) is 0 Å². The minimum absolute atomic E-state index is 0.152. The van der Waals surface area contributed by atoms with Crippen molar-refractivity contribution in [3.05, 3.63) is 70.5 Å². The van der Waals surface area contributed by atoms with Crippen LogP contribution < -0.4 is 0 Å². The predicted molar refractivity (Wildman–Crippen MR) is 95.4 cm³/mol. The van der Waals surface area contributed by atoms with Crippen LogP contribution in [0.25, 0.3) is 0 Å². The molecule has 1 saturated heterocycles. The van der Waals surface area contributed by atoms with Gasteiger partial charge in [-0.1, -0.05) is 42.0 Å². The standard InChI is InChI=1S/C21H26FNO/c1-16-5-7-18(8-6-16)13-23-11-3-4-20(14-23)24-15-19-9-10-21(22)17(2)12-19/h5-10,12,20H,3-4,11,13-15H2,1-2H3/t20-/m0/s1. The first kappa shape index (κ1) is 17.1. The topological polar surface area (TPSA) is 12.5 Å². The van der Waals surface area contributed by atoms with Gasteiger partial charge in [0.2, 0.25) is 0 Å². The monoisotopic (exact) mass is 327 g/mol. The molecule has 0 radical (unpaired) electrons. The van der Waals surface area contributed by atoms with E-state index in [0.717, 1.165) is 31.6 Å². The maximum Gasteiger partial charge on any atom is 0.126 e. The molecule has 1 atom stereocenters. The summed E-state index contributed by atoms with van der Waals surface area (Å²) in [6.45, 7) is 7.55. The number of aryl methyl sites for hydroxylation is 2. The molecule has 0 saturated carbocycles. The molecular formula is C21H26FNO. The summed E-state index contributed by atoms with van der Waals surface area (Å²) in [7, 11) is 0. The van der Waals surface area contributed by atoms with E-state index in [1.165, 1.54) is 23.6 Å².